The van der Waals surface area contributed by atoms with Crippen LogP contribution in [-0.4, -0.2) is 65.4 Å². The number of Topliss-reactive ketones (excluding diaryl/α,β-unsaturated/α-hetero) is 1. The van der Waals surface area contributed by atoms with Gasteiger partial charge in [-0.1, -0.05) is 0 Å². The van der Waals surface area contributed by atoms with Gasteiger partial charge in [0, 0.05) is 31.0 Å². The quantitative estimate of drug-likeness (QED) is 0.430. The number of aliphatic hydroxyl groups is 1. The average Bonchev–Trinajstić information content (AvgIpc) is 2.98. The molecule has 1 aliphatic rings. The van der Waals surface area contributed by atoms with E-state index in [4.69, 9.17) is 4.74 Å². The second-order valence-electron chi connectivity index (χ2n) is 7.49. The molecule has 1 amide bonds. The Morgan fingerprint density at radius 2 is 1.90 bits per heavy atom. The minimum atomic E-state index is -0.681. The third kappa shape index (κ3) is 4.21. The molecule has 1 aromatic heterocycles. The minimum Gasteiger partial charge on any atom is -0.507 e. The van der Waals surface area contributed by atoms with Crippen LogP contribution in [0.5, 0.6) is 5.75 Å². The highest BCUT2D eigenvalue weighted by Gasteiger charge is 2.45. The molecule has 1 atom stereocenters. The molecule has 0 radical (unpaired) electrons. The van der Waals surface area contributed by atoms with E-state index < -0.39 is 17.7 Å². The fourth-order valence-corrected chi connectivity index (χ4v) is 3.58. The average molecular weight is 409 g/mol. The predicted molar refractivity (Wildman–Crippen MR) is 114 cm³/mol. The third-order valence-corrected chi connectivity index (χ3v) is 5.10. The monoisotopic (exact) mass is 409 g/mol. The van der Waals surface area contributed by atoms with E-state index in [1.54, 1.807) is 42.7 Å². The lowest BCUT2D eigenvalue weighted by Gasteiger charge is -2.26. The topological polar surface area (TPSA) is 83.0 Å². The number of ether oxygens (including phenoxy) is 1. The Labute approximate surface area is 176 Å². The van der Waals surface area contributed by atoms with Gasteiger partial charge >= 0.3 is 0 Å². The number of benzene rings is 1. The maximum absolute atomic E-state index is 13.0. The summed E-state index contributed by atoms with van der Waals surface area (Å²) in [5.41, 5.74) is 2.13. The molecule has 0 saturated carbocycles. The molecule has 1 saturated heterocycles. The zero-order chi connectivity index (χ0) is 21.8. The first kappa shape index (κ1) is 21.5. The van der Waals surface area contributed by atoms with Crippen LogP contribution in [-0.2, 0) is 9.59 Å². The number of hydrogen-bond donors (Lipinski definition) is 1. The van der Waals surface area contributed by atoms with Gasteiger partial charge < -0.3 is 19.6 Å². The number of hydrogen-bond acceptors (Lipinski definition) is 6. The van der Waals surface area contributed by atoms with Gasteiger partial charge in [0.2, 0.25) is 0 Å². The molecular weight excluding hydrogens is 382 g/mol. The molecule has 0 bridgehead atoms. The number of nitrogens with zero attached hydrogens (tertiary/aromatic N) is 3. The Kier molecular flexibility index (Phi) is 6.52. The minimum absolute atomic E-state index is 0.0912. The fourth-order valence-electron chi connectivity index (χ4n) is 3.58. The van der Waals surface area contributed by atoms with E-state index in [2.05, 4.69) is 4.98 Å². The van der Waals surface area contributed by atoms with E-state index in [1.807, 2.05) is 32.8 Å². The van der Waals surface area contributed by atoms with Crippen molar-refractivity contribution in [2.24, 2.45) is 0 Å². The van der Waals surface area contributed by atoms with E-state index in [9.17, 15) is 14.7 Å². The molecule has 1 fully saturated rings. The van der Waals surface area contributed by atoms with Crippen molar-refractivity contribution in [3.63, 3.8) is 0 Å². The second-order valence-corrected chi connectivity index (χ2v) is 7.49. The lowest BCUT2D eigenvalue weighted by atomic mass is 9.95. The number of amides is 1. The molecule has 1 N–H and O–H groups in total. The maximum atomic E-state index is 13.0. The molecule has 7 heteroatoms. The Bertz CT molecular complexity index is 970. The standard InChI is InChI=1S/C23H27N3O4/c1-5-30-18-7-6-17(14-15(18)2)21(27)19-20(16-8-10-24-11-9-16)26(13-12-25(3)4)23(29)22(19)28/h6-11,14,20,27H,5,12-13H2,1-4H3/b21-19-. The van der Waals surface area contributed by atoms with E-state index in [-0.39, 0.29) is 11.3 Å². The third-order valence-electron chi connectivity index (χ3n) is 5.10. The van der Waals surface area contributed by atoms with Crippen molar-refractivity contribution >= 4 is 17.4 Å². The van der Waals surface area contributed by atoms with Crippen LogP contribution in [0.1, 0.15) is 29.7 Å². The molecule has 2 heterocycles. The smallest absolute Gasteiger partial charge is 0.295 e. The van der Waals surface area contributed by atoms with E-state index in [0.717, 1.165) is 11.1 Å². The first-order valence-electron chi connectivity index (χ1n) is 9.92. The van der Waals surface area contributed by atoms with Gasteiger partial charge in [0.25, 0.3) is 11.7 Å². The van der Waals surface area contributed by atoms with Gasteiger partial charge in [0.1, 0.15) is 11.5 Å². The number of carbonyl (C=O) groups excluding carboxylic acids is 2. The zero-order valence-corrected chi connectivity index (χ0v) is 17.8. The highest BCUT2D eigenvalue weighted by Crippen LogP contribution is 2.39. The number of pyridine rings is 1. The van der Waals surface area contributed by atoms with Crippen molar-refractivity contribution in [2.75, 3.05) is 33.8 Å². The van der Waals surface area contributed by atoms with E-state index in [1.165, 1.54) is 4.90 Å². The number of likely N-dealkylation sites (tertiary alicyclic amines) is 1. The predicted octanol–water partition coefficient (Wildman–Crippen LogP) is 2.77. The molecule has 0 spiro atoms. The van der Waals surface area contributed by atoms with Crippen LogP contribution < -0.4 is 4.74 Å². The highest BCUT2D eigenvalue weighted by molar-refractivity contribution is 6.46. The van der Waals surface area contributed by atoms with Gasteiger partial charge in [0.15, 0.2) is 0 Å². The second kappa shape index (κ2) is 9.09. The molecular formula is C23H27N3O4. The Morgan fingerprint density at radius 1 is 1.20 bits per heavy atom. The van der Waals surface area contributed by atoms with E-state index in [0.29, 0.717) is 31.0 Å². The Balaban J connectivity index is 2.10. The highest BCUT2D eigenvalue weighted by atomic mass is 16.5. The molecule has 1 aliphatic heterocycles. The summed E-state index contributed by atoms with van der Waals surface area (Å²) in [6.07, 6.45) is 3.23. The summed E-state index contributed by atoms with van der Waals surface area (Å²) < 4.78 is 5.56. The number of carbonyl (C=O) groups is 2. The molecule has 7 nitrogen and oxygen atoms in total. The van der Waals surface area contributed by atoms with Crippen LogP contribution in [0.3, 0.4) is 0 Å². The number of likely N-dealkylation sites (N-methyl/N-ethyl adjacent to an activating group) is 1. The van der Waals surface area contributed by atoms with Crippen molar-refractivity contribution < 1.29 is 19.4 Å². The van der Waals surface area contributed by atoms with Crippen molar-refractivity contribution in [2.45, 2.75) is 19.9 Å². The first-order chi connectivity index (χ1) is 14.3. The largest absolute Gasteiger partial charge is 0.507 e. The van der Waals surface area contributed by atoms with Crippen molar-refractivity contribution in [1.29, 1.82) is 0 Å². The molecule has 1 unspecified atom stereocenters. The summed E-state index contributed by atoms with van der Waals surface area (Å²) in [4.78, 5) is 33.3. The number of rotatable bonds is 7. The lowest BCUT2D eigenvalue weighted by molar-refractivity contribution is -0.140. The first-order valence-corrected chi connectivity index (χ1v) is 9.92. The molecule has 2 aromatic rings. The zero-order valence-electron chi connectivity index (χ0n) is 17.8. The number of aliphatic hydroxyl groups excluding tert-OH is 1. The number of ketones is 1. The molecule has 0 aliphatic carbocycles. The normalized spacial score (nSPS) is 18.3. The summed E-state index contributed by atoms with van der Waals surface area (Å²) in [7, 11) is 3.81. The maximum Gasteiger partial charge on any atom is 0.295 e. The Morgan fingerprint density at radius 3 is 2.50 bits per heavy atom. The van der Waals surface area contributed by atoms with Crippen molar-refractivity contribution in [1.82, 2.24) is 14.8 Å². The van der Waals surface area contributed by atoms with Gasteiger partial charge in [-0.05, 0) is 69.4 Å². The molecule has 1 aromatic carbocycles. The van der Waals surface area contributed by atoms with Gasteiger partial charge in [0.05, 0.1) is 18.2 Å². The fraction of sp³-hybridized carbons (Fsp3) is 0.348. The summed E-state index contributed by atoms with van der Waals surface area (Å²) >= 11 is 0. The summed E-state index contributed by atoms with van der Waals surface area (Å²) in [5, 5.41) is 11.1. The van der Waals surface area contributed by atoms with Crippen LogP contribution in [0.4, 0.5) is 0 Å². The summed E-state index contributed by atoms with van der Waals surface area (Å²) in [6, 6.07) is 8.07. The van der Waals surface area contributed by atoms with Gasteiger partial charge in [-0.25, -0.2) is 0 Å². The van der Waals surface area contributed by atoms with E-state index >= 15 is 0 Å². The number of aromatic nitrogens is 1. The van der Waals surface area contributed by atoms with Crippen LogP contribution in [0, 0.1) is 6.92 Å². The number of aryl methyl sites for hydroxylation is 1. The van der Waals surface area contributed by atoms with Gasteiger partial charge in [-0.3, -0.25) is 14.6 Å². The van der Waals surface area contributed by atoms with Crippen LogP contribution in [0.15, 0.2) is 48.3 Å². The van der Waals surface area contributed by atoms with Crippen LogP contribution >= 0.6 is 0 Å². The van der Waals surface area contributed by atoms with Crippen molar-refractivity contribution in [3.05, 3.63) is 65.0 Å². The SMILES string of the molecule is CCOc1ccc(/C(O)=C2/C(=O)C(=O)N(CCN(C)C)C2c2ccncc2)cc1C. The molecule has 3 rings (SSSR count). The Hall–Kier alpha value is -3.19. The molecule has 30 heavy (non-hydrogen) atoms. The van der Waals surface area contributed by atoms with Gasteiger partial charge in [-0.2, -0.15) is 0 Å². The molecule has 158 valence electrons. The lowest BCUT2D eigenvalue weighted by Crippen LogP contribution is -2.35. The van der Waals surface area contributed by atoms with Crippen molar-refractivity contribution in [3.8, 4) is 5.75 Å². The van der Waals surface area contributed by atoms with Crippen LogP contribution in [0.2, 0.25) is 0 Å². The van der Waals surface area contributed by atoms with Gasteiger partial charge in [-0.15, -0.1) is 0 Å². The summed E-state index contributed by atoms with van der Waals surface area (Å²) in [5.74, 6) is -0.762. The van der Waals surface area contributed by atoms with Crippen LogP contribution in [0.25, 0.3) is 5.76 Å². The summed E-state index contributed by atoms with van der Waals surface area (Å²) in [6.45, 7) is 5.26.